The predicted molar refractivity (Wildman–Crippen MR) is 85.3 cm³/mol. The topological polar surface area (TPSA) is 41.5 Å². The smallest absolute Gasteiger partial charge is 0.119 e. The van der Waals surface area contributed by atoms with E-state index < -0.39 is 6.10 Å². The molecule has 2 rings (SSSR count). The third kappa shape index (κ3) is 3.74. The number of anilines is 1. The molecular weight excluding hydrogens is 318 g/mol. The molecule has 0 radical (unpaired) electrons. The molecule has 3 nitrogen and oxygen atoms in total. The minimum absolute atomic E-state index is 0.454. The molecule has 4 heteroatoms. The first-order valence-electron chi connectivity index (χ1n) is 6.42. The molecule has 0 aliphatic rings. The summed E-state index contributed by atoms with van der Waals surface area (Å²) in [6.07, 6.45) is -0.576. The lowest BCUT2D eigenvalue weighted by Gasteiger charge is -2.15. The van der Waals surface area contributed by atoms with Gasteiger partial charge in [0.2, 0.25) is 0 Å². The highest BCUT2D eigenvalue weighted by Gasteiger charge is 2.09. The van der Waals surface area contributed by atoms with E-state index in [0.29, 0.717) is 6.54 Å². The van der Waals surface area contributed by atoms with Gasteiger partial charge in [0.05, 0.1) is 13.2 Å². The molecular formula is C16H18BrNO2. The molecule has 2 aromatic carbocycles. The second kappa shape index (κ2) is 6.77. The van der Waals surface area contributed by atoms with Crippen LogP contribution in [0, 0.1) is 6.92 Å². The fourth-order valence-corrected chi connectivity index (χ4v) is 2.47. The molecule has 0 aliphatic carbocycles. The van der Waals surface area contributed by atoms with Crippen LogP contribution in [0.4, 0.5) is 5.69 Å². The van der Waals surface area contributed by atoms with E-state index in [2.05, 4.69) is 21.2 Å². The highest BCUT2D eigenvalue weighted by Crippen LogP contribution is 2.22. The van der Waals surface area contributed by atoms with Crippen molar-refractivity contribution in [2.45, 2.75) is 13.0 Å². The van der Waals surface area contributed by atoms with E-state index >= 15 is 0 Å². The van der Waals surface area contributed by atoms with E-state index in [1.54, 1.807) is 7.11 Å². The first-order chi connectivity index (χ1) is 9.60. The zero-order valence-corrected chi connectivity index (χ0v) is 13.1. The SMILES string of the molecule is COc1cccc(C(O)CNc2ccc(Br)cc2C)c1. The van der Waals surface area contributed by atoms with E-state index in [0.717, 1.165) is 27.0 Å². The zero-order valence-electron chi connectivity index (χ0n) is 11.6. The Morgan fingerprint density at radius 1 is 1.25 bits per heavy atom. The van der Waals surface area contributed by atoms with Gasteiger partial charge < -0.3 is 15.2 Å². The van der Waals surface area contributed by atoms with E-state index in [1.807, 2.05) is 49.4 Å². The number of aliphatic hydroxyl groups excluding tert-OH is 1. The van der Waals surface area contributed by atoms with Crippen LogP contribution in [-0.4, -0.2) is 18.8 Å². The van der Waals surface area contributed by atoms with E-state index in [-0.39, 0.29) is 0 Å². The molecule has 0 amide bonds. The summed E-state index contributed by atoms with van der Waals surface area (Å²) in [6, 6.07) is 13.5. The highest BCUT2D eigenvalue weighted by atomic mass is 79.9. The molecule has 0 heterocycles. The number of aryl methyl sites for hydroxylation is 1. The average Bonchev–Trinajstić information content (AvgIpc) is 2.46. The second-order valence-corrected chi connectivity index (χ2v) is 5.55. The van der Waals surface area contributed by atoms with Gasteiger partial charge in [0.25, 0.3) is 0 Å². The summed E-state index contributed by atoms with van der Waals surface area (Å²) in [5.41, 5.74) is 3.00. The van der Waals surface area contributed by atoms with Gasteiger partial charge in [0.15, 0.2) is 0 Å². The lowest BCUT2D eigenvalue weighted by atomic mass is 10.1. The molecule has 1 atom stereocenters. The van der Waals surface area contributed by atoms with Gasteiger partial charge in [0, 0.05) is 16.7 Å². The van der Waals surface area contributed by atoms with Gasteiger partial charge in [-0.2, -0.15) is 0 Å². The Morgan fingerprint density at radius 2 is 2.05 bits per heavy atom. The Kier molecular flexibility index (Phi) is 5.04. The lowest BCUT2D eigenvalue weighted by molar-refractivity contribution is 0.191. The molecule has 0 bridgehead atoms. The zero-order chi connectivity index (χ0) is 14.5. The molecule has 0 fully saturated rings. The van der Waals surface area contributed by atoms with Crippen LogP contribution in [0.2, 0.25) is 0 Å². The minimum Gasteiger partial charge on any atom is -0.497 e. The summed E-state index contributed by atoms with van der Waals surface area (Å²) in [5.74, 6) is 0.751. The van der Waals surface area contributed by atoms with Crippen molar-refractivity contribution in [2.75, 3.05) is 19.0 Å². The van der Waals surface area contributed by atoms with Gasteiger partial charge >= 0.3 is 0 Å². The molecule has 0 saturated carbocycles. The van der Waals surface area contributed by atoms with Gasteiger partial charge in [-0.05, 0) is 48.4 Å². The monoisotopic (exact) mass is 335 g/mol. The van der Waals surface area contributed by atoms with E-state index in [9.17, 15) is 5.11 Å². The van der Waals surface area contributed by atoms with Crippen LogP contribution >= 0.6 is 15.9 Å². The number of nitrogens with one attached hydrogen (secondary N) is 1. The van der Waals surface area contributed by atoms with Gasteiger partial charge in [-0.1, -0.05) is 28.1 Å². The molecule has 0 aromatic heterocycles. The first kappa shape index (κ1) is 14.9. The number of rotatable bonds is 5. The molecule has 20 heavy (non-hydrogen) atoms. The van der Waals surface area contributed by atoms with E-state index in [4.69, 9.17) is 4.74 Å². The summed E-state index contributed by atoms with van der Waals surface area (Å²) in [6.45, 7) is 2.49. The molecule has 2 aromatic rings. The number of halogens is 1. The standard InChI is InChI=1S/C16H18BrNO2/c1-11-8-13(17)6-7-15(11)18-10-16(19)12-4-3-5-14(9-12)20-2/h3-9,16,18-19H,10H2,1-2H3. The summed E-state index contributed by atoms with van der Waals surface area (Å²) in [7, 11) is 1.62. The van der Waals surface area contributed by atoms with Crippen molar-refractivity contribution >= 4 is 21.6 Å². The highest BCUT2D eigenvalue weighted by molar-refractivity contribution is 9.10. The number of aliphatic hydroxyl groups is 1. The Labute approximate surface area is 127 Å². The predicted octanol–water partition coefficient (Wildman–Crippen LogP) is 3.91. The number of hydrogen-bond donors (Lipinski definition) is 2. The molecule has 2 N–H and O–H groups in total. The van der Waals surface area contributed by atoms with Crippen LogP contribution < -0.4 is 10.1 Å². The van der Waals surface area contributed by atoms with Crippen LogP contribution in [0.25, 0.3) is 0 Å². The maximum atomic E-state index is 10.2. The molecule has 1 unspecified atom stereocenters. The Balaban J connectivity index is 2.02. The van der Waals surface area contributed by atoms with Crippen molar-refractivity contribution in [3.05, 3.63) is 58.1 Å². The summed E-state index contributed by atoms with van der Waals surface area (Å²) in [5, 5.41) is 13.5. The number of ether oxygens (including phenoxy) is 1. The summed E-state index contributed by atoms with van der Waals surface area (Å²) >= 11 is 3.44. The third-order valence-corrected chi connectivity index (χ3v) is 3.65. The van der Waals surface area contributed by atoms with Crippen molar-refractivity contribution in [2.24, 2.45) is 0 Å². The maximum Gasteiger partial charge on any atom is 0.119 e. The fraction of sp³-hybridized carbons (Fsp3) is 0.250. The van der Waals surface area contributed by atoms with Gasteiger partial charge in [-0.25, -0.2) is 0 Å². The quantitative estimate of drug-likeness (QED) is 0.870. The number of hydrogen-bond acceptors (Lipinski definition) is 3. The Morgan fingerprint density at radius 3 is 2.75 bits per heavy atom. The number of benzene rings is 2. The third-order valence-electron chi connectivity index (χ3n) is 3.15. The van der Waals surface area contributed by atoms with Crippen LogP contribution in [0.3, 0.4) is 0 Å². The fourth-order valence-electron chi connectivity index (χ4n) is 2.00. The van der Waals surface area contributed by atoms with Crippen LogP contribution in [0.5, 0.6) is 5.75 Å². The van der Waals surface area contributed by atoms with Crippen molar-refractivity contribution in [1.82, 2.24) is 0 Å². The van der Waals surface area contributed by atoms with Crippen molar-refractivity contribution in [1.29, 1.82) is 0 Å². The van der Waals surface area contributed by atoms with Crippen molar-refractivity contribution < 1.29 is 9.84 Å². The average molecular weight is 336 g/mol. The molecule has 106 valence electrons. The van der Waals surface area contributed by atoms with E-state index in [1.165, 1.54) is 0 Å². The molecule has 0 aliphatic heterocycles. The number of methoxy groups -OCH3 is 1. The Bertz CT molecular complexity index is 586. The van der Waals surface area contributed by atoms with Crippen LogP contribution in [0.1, 0.15) is 17.2 Å². The Hall–Kier alpha value is -1.52. The van der Waals surface area contributed by atoms with Crippen LogP contribution in [-0.2, 0) is 0 Å². The normalized spacial score (nSPS) is 12.0. The maximum absolute atomic E-state index is 10.2. The van der Waals surface area contributed by atoms with Gasteiger partial charge in [0.1, 0.15) is 5.75 Å². The minimum atomic E-state index is -0.576. The first-order valence-corrected chi connectivity index (χ1v) is 7.21. The lowest BCUT2D eigenvalue weighted by Crippen LogP contribution is -2.12. The largest absolute Gasteiger partial charge is 0.497 e. The van der Waals surface area contributed by atoms with Crippen LogP contribution in [0.15, 0.2) is 46.9 Å². The van der Waals surface area contributed by atoms with Crippen molar-refractivity contribution in [3.8, 4) is 5.75 Å². The van der Waals surface area contributed by atoms with Gasteiger partial charge in [-0.15, -0.1) is 0 Å². The second-order valence-electron chi connectivity index (χ2n) is 4.63. The summed E-state index contributed by atoms with van der Waals surface area (Å²) in [4.78, 5) is 0. The molecule has 0 saturated heterocycles. The molecule has 0 spiro atoms. The van der Waals surface area contributed by atoms with Gasteiger partial charge in [-0.3, -0.25) is 0 Å². The summed E-state index contributed by atoms with van der Waals surface area (Å²) < 4.78 is 6.21. The van der Waals surface area contributed by atoms with Crippen molar-refractivity contribution in [3.63, 3.8) is 0 Å².